The molecule has 92 valence electrons. The number of rotatable bonds is 5. The van der Waals surface area contributed by atoms with E-state index < -0.39 is 11.9 Å². The summed E-state index contributed by atoms with van der Waals surface area (Å²) < 4.78 is 0. The van der Waals surface area contributed by atoms with E-state index in [0.717, 1.165) is 5.56 Å². The number of nitrogen functional groups attached to an aromatic ring is 1. The molecule has 0 heterocycles. The topological polar surface area (TPSA) is 98.2 Å². The molecule has 0 aliphatic carbocycles. The number of amides is 2. The Morgan fingerprint density at radius 2 is 2.12 bits per heavy atom. The molecule has 5 nitrogen and oxygen atoms in total. The van der Waals surface area contributed by atoms with Gasteiger partial charge in [-0.25, -0.2) is 0 Å². The lowest BCUT2D eigenvalue weighted by Gasteiger charge is -2.10. The Balaban J connectivity index is 2.41. The zero-order valence-corrected chi connectivity index (χ0v) is 9.77. The summed E-state index contributed by atoms with van der Waals surface area (Å²) in [5.41, 5.74) is 12.3. The largest absolute Gasteiger partial charge is 0.399 e. The van der Waals surface area contributed by atoms with Gasteiger partial charge >= 0.3 is 0 Å². The van der Waals surface area contributed by atoms with E-state index in [2.05, 4.69) is 5.32 Å². The summed E-state index contributed by atoms with van der Waals surface area (Å²) in [6.45, 7) is 1.56. The van der Waals surface area contributed by atoms with Crippen molar-refractivity contribution in [3.05, 3.63) is 29.8 Å². The Morgan fingerprint density at radius 3 is 2.71 bits per heavy atom. The van der Waals surface area contributed by atoms with E-state index in [1.165, 1.54) is 0 Å². The number of aryl methyl sites for hydroxylation is 1. The van der Waals surface area contributed by atoms with Crippen LogP contribution in [0.2, 0.25) is 0 Å². The first kappa shape index (κ1) is 13.0. The highest BCUT2D eigenvalue weighted by Crippen LogP contribution is 2.08. The first-order valence-corrected chi connectivity index (χ1v) is 5.42. The van der Waals surface area contributed by atoms with Crippen LogP contribution >= 0.6 is 0 Å². The summed E-state index contributed by atoms with van der Waals surface area (Å²) in [6, 6.07) is 6.72. The number of hydrogen-bond donors (Lipinski definition) is 3. The van der Waals surface area contributed by atoms with Gasteiger partial charge in [0, 0.05) is 12.1 Å². The van der Waals surface area contributed by atoms with Crippen LogP contribution < -0.4 is 16.8 Å². The summed E-state index contributed by atoms with van der Waals surface area (Å²) in [4.78, 5) is 22.2. The highest BCUT2D eigenvalue weighted by Gasteiger charge is 2.11. The molecule has 17 heavy (non-hydrogen) atoms. The van der Waals surface area contributed by atoms with E-state index in [0.29, 0.717) is 18.5 Å². The summed E-state index contributed by atoms with van der Waals surface area (Å²) in [5, 5.41) is 2.52. The van der Waals surface area contributed by atoms with Crippen LogP contribution in [-0.2, 0) is 16.0 Å². The average molecular weight is 235 g/mol. The minimum atomic E-state index is -0.636. The average Bonchev–Trinajstić information content (AvgIpc) is 2.26. The second-order valence-electron chi connectivity index (χ2n) is 3.94. The standard InChI is InChI=1S/C12H17N3O2/c1-8(12(14)17)15-11(16)6-5-9-3-2-4-10(13)7-9/h2-4,7-8H,5-6,13H2,1H3,(H2,14,17)(H,15,16). The van der Waals surface area contributed by atoms with Gasteiger partial charge in [0.1, 0.15) is 6.04 Å². The van der Waals surface area contributed by atoms with Crippen molar-refractivity contribution in [1.82, 2.24) is 5.32 Å². The van der Waals surface area contributed by atoms with Crippen LogP contribution in [0.5, 0.6) is 0 Å². The molecular formula is C12H17N3O2. The van der Waals surface area contributed by atoms with E-state index in [4.69, 9.17) is 11.5 Å². The zero-order valence-electron chi connectivity index (χ0n) is 9.77. The Bertz CT molecular complexity index is 418. The van der Waals surface area contributed by atoms with Crippen LogP contribution in [0.1, 0.15) is 18.9 Å². The van der Waals surface area contributed by atoms with Crippen molar-refractivity contribution in [1.29, 1.82) is 0 Å². The Morgan fingerprint density at radius 1 is 1.41 bits per heavy atom. The first-order chi connectivity index (χ1) is 7.99. The van der Waals surface area contributed by atoms with Gasteiger partial charge in [0.15, 0.2) is 0 Å². The summed E-state index contributed by atoms with van der Waals surface area (Å²) in [5.74, 6) is -0.735. The van der Waals surface area contributed by atoms with E-state index >= 15 is 0 Å². The van der Waals surface area contributed by atoms with Crippen molar-refractivity contribution >= 4 is 17.5 Å². The lowest BCUT2D eigenvalue weighted by atomic mass is 10.1. The Hall–Kier alpha value is -2.04. The molecule has 0 aromatic heterocycles. The molecule has 0 radical (unpaired) electrons. The molecule has 0 saturated heterocycles. The molecule has 0 fully saturated rings. The SMILES string of the molecule is CC(NC(=O)CCc1cccc(N)c1)C(N)=O. The molecule has 0 saturated carbocycles. The maximum absolute atomic E-state index is 11.5. The van der Waals surface area contributed by atoms with Crippen LogP contribution in [0, 0.1) is 0 Å². The number of nitrogens with two attached hydrogens (primary N) is 2. The van der Waals surface area contributed by atoms with Gasteiger partial charge in [-0.05, 0) is 31.0 Å². The van der Waals surface area contributed by atoms with Gasteiger partial charge in [-0.1, -0.05) is 12.1 Å². The van der Waals surface area contributed by atoms with Crippen molar-refractivity contribution in [3.63, 3.8) is 0 Å². The van der Waals surface area contributed by atoms with Crippen LogP contribution in [0.3, 0.4) is 0 Å². The van der Waals surface area contributed by atoms with Crippen molar-refractivity contribution in [3.8, 4) is 0 Å². The lowest BCUT2D eigenvalue weighted by Crippen LogP contribution is -2.42. The van der Waals surface area contributed by atoms with Crippen LogP contribution in [0.25, 0.3) is 0 Å². The zero-order chi connectivity index (χ0) is 12.8. The number of hydrogen-bond acceptors (Lipinski definition) is 3. The second kappa shape index (κ2) is 5.89. The van der Waals surface area contributed by atoms with Crippen molar-refractivity contribution in [2.75, 3.05) is 5.73 Å². The number of carbonyl (C=O) groups is 2. The van der Waals surface area contributed by atoms with Gasteiger partial charge < -0.3 is 16.8 Å². The molecule has 0 aliphatic rings. The summed E-state index contributed by atoms with van der Waals surface area (Å²) in [7, 11) is 0. The van der Waals surface area contributed by atoms with Gasteiger partial charge in [0.2, 0.25) is 11.8 Å². The highest BCUT2D eigenvalue weighted by molar-refractivity contribution is 5.86. The molecule has 5 N–H and O–H groups in total. The maximum Gasteiger partial charge on any atom is 0.239 e. The van der Waals surface area contributed by atoms with Gasteiger partial charge in [0.05, 0.1) is 0 Å². The van der Waals surface area contributed by atoms with Crippen molar-refractivity contribution < 1.29 is 9.59 Å². The number of anilines is 1. The normalized spacial score (nSPS) is 11.8. The number of nitrogens with one attached hydrogen (secondary N) is 1. The quantitative estimate of drug-likeness (QED) is 0.635. The summed E-state index contributed by atoms with van der Waals surface area (Å²) >= 11 is 0. The van der Waals surface area contributed by atoms with Gasteiger partial charge in [0.25, 0.3) is 0 Å². The fraction of sp³-hybridized carbons (Fsp3) is 0.333. The van der Waals surface area contributed by atoms with Crippen molar-refractivity contribution in [2.45, 2.75) is 25.8 Å². The molecule has 0 aliphatic heterocycles. The fourth-order valence-electron chi connectivity index (χ4n) is 1.39. The third kappa shape index (κ3) is 4.55. The smallest absolute Gasteiger partial charge is 0.239 e. The molecule has 5 heteroatoms. The van der Waals surface area contributed by atoms with Gasteiger partial charge in [-0.2, -0.15) is 0 Å². The number of primary amides is 1. The fourth-order valence-corrected chi connectivity index (χ4v) is 1.39. The van der Waals surface area contributed by atoms with E-state index in [1.807, 2.05) is 18.2 Å². The Labute approximate surface area is 100 Å². The minimum Gasteiger partial charge on any atom is -0.399 e. The molecular weight excluding hydrogens is 218 g/mol. The summed E-state index contributed by atoms with van der Waals surface area (Å²) in [6.07, 6.45) is 0.892. The van der Waals surface area contributed by atoms with E-state index in [1.54, 1.807) is 13.0 Å². The lowest BCUT2D eigenvalue weighted by molar-refractivity contribution is -0.126. The predicted molar refractivity (Wildman–Crippen MR) is 66.0 cm³/mol. The highest BCUT2D eigenvalue weighted by atomic mass is 16.2. The molecule has 1 aromatic carbocycles. The molecule has 0 spiro atoms. The molecule has 1 rings (SSSR count). The Kier molecular flexibility index (Phi) is 4.51. The number of benzene rings is 1. The first-order valence-electron chi connectivity index (χ1n) is 5.42. The molecule has 2 amide bonds. The maximum atomic E-state index is 11.5. The number of carbonyl (C=O) groups excluding carboxylic acids is 2. The van der Waals surface area contributed by atoms with Crippen LogP contribution in [-0.4, -0.2) is 17.9 Å². The molecule has 1 atom stereocenters. The van der Waals surface area contributed by atoms with Crippen LogP contribution in [0.15, 0.2) is 24.3 Å². The predicted octanol–water partition coefficient (Wildman–Crippen LogP) is 0.191. The third-order valence-corrected chi connectivity index (χ3v) is 2.40. The van der Waals surface area contributed by atoms with Crippen molar-refractivity contribution in [2.24, 2.45) is 5.73 Å². The minimum absolute atomic E-state index is 0.196. The monoisotopic (exact) mass is 235 g/mol. The van der Waals surface area contributed by atoms with Crippen LogP contribution in [0.4, 0.5) is 5.69 Å². The van der Waals surface area contributed by atoms with E-state index in [9.17, 15) is 9.59 Å². The van der Waals surface area contributed by atoms with E-state index in [-0.39, 0.29) is 5.91 Å². The second-order valence-corrected chi connectivity index (χ2v) is 3.94. The molecule has 1 aromatic rings. The van der Waals surface area contributed by atoms with Gasteiger partial charge in [-0.15, -0.1) is 0 Å². The van der Waals surface area contributed by atoms with Gasteiger partial charge in [-0.3, -0.25) is 9.59 Å². The third-order valence-electron chi connectivity index (χ3n) is 2.40. The molecule has 1 unspecified atom stereocenters. The molecule has 0 bridgehead atoms.